The molecule has 0 bridgehead atoms. The molecule has 0 unspecified atom stereocenters. The van der Waals surface area contributed by atoms with Crippen molar-refractivity contribution in [1.29, 1.82) is 0 Å². The van der Waals surface area contributed by atoms with Crippen molar-refractivity contribution >= 4 is 22.7 Å². The molecule has 2 aromatic carbocycles. The Morgan fingerprint density at radius 1 is 1.00 bits per heavy atom. The number of nitrogens with two attached hydrogens (primary N) is 2. The minimum absolute atomic E-state index is 0.0494. The number of aryl methyl sites for hydroxylation is 1. The van der Waals surface area contributed by atoms with Crippen LogP contribution in [0.3, 0.4) is 0 Å². The molecule has 6 nitrogen and oxygen atoms in total. The Balaban J connectivity index is 2.10. The van der Waals surface area contributed by atoms with E-state index in [1.165, 1.54) is 0 Å². The molecule has 0 fully saturated rings. The number of benzene rings is 2. The highest BCUT2D eigenvalue weighted by molar-refractivity contribution is 5.62. The average Bonchev–Trinajstić information content (AvgIpc) is 2.56. The first-order valence-corrected chi connectivity index (χ1v) is 8.00. The Morgan fingerprint density at radius 2 is 1.71 bits per heavy atom. The number of nitrogens with zero attached hydrogens (tertiary/aromatic N) is 1. The second-order valence-electron chi connectivity index (χ2n) is 5.75. The molecule has 6 heteroatoms. The van der Waals surface area contributed by atoms with E-state index in [2.05, 4.69) is 5.32 Å². The first-order chi connectivity index (χ1) is 11.5. The molecule has 0 aliphatic carbocycles. The van der Waals surface area contributed by atoms with Crippen molar-refractivity contribution in [3.8, 4) is 0 Å². The van der Waals surface area contributed by atoms with Crippen LogP contribution in [0, 0.1) is 6.92 Å². The Bertz CT molecular complexity index is 670. The van der Waals surface area contributed by atoms with E-state index >= 15 is 0 Å². The van der Waals surface area contributed by atoms with Crippen LogP contribution in [-0.4, -0.2) is 36.5 Å². The maximum atomic E-state index is 9.15. The van der Waals surface area contributed by atoms with Gasteiger partial charge in [-0.05, 0) is 54.4 Å². The fourth-order valence-corrected chi connectivity index (χ4v) is 2.62. The molecule has 0 saturated heterocycles. The molecule has 0 aromatic heterocycles. The molecule has 0 spiro atoms. The van der Waals surface area contributed by atoms with Crippen LogP contribution in [0.4, 0.5) is 22.7 Å². The number of nitrogens with one attached hydrogen (secondary N) is 1. The van der Waals surface area contributed by atoms with Gasteiger partial charge in [0.2, 0.25) is 0 Å². The van der Waals surface area contributed by atoms with Gasteiger partial charge >= 0.3 is 0 Å². The monoisotopic (exact) mass is 330 g/mol. The van der Waals surface area contributed by atoms with Gasteiger partial charge in [0.1, 0.15) is 0 Å². The number of anilines is 4. The molecule has 0 heterocycles. The SMILES string of the molecule is Cc1cc(N(CCO)CCO)ccc1NCc1cc(N)ccc1N. The van der Waals surface area contributed by atoms with Gasteiger partial charge in [0, 0.05) is 42.4 Å². The van der Waals surface area contributed by atoms with E-state index in [0.717, 1.165) is 22.5 Å². The smallest absolute Gasteiger partial charge is 0.0606 e. The maximum absolute atomic E-state index is 9.15. The van der Waals surface area contributed by atoms with Crippen molar-refractivity contribution in [1.82, 2.24) is 0 Å². The second kappa shape index (κ2) is 8.42. The number of nitrogen functional groups attached to an aromatic ring is 2. The van der Waals surface area contributed by atoms with Crippen molar-refractivity contribution in [3.05, 3.63) is 47.5 Å². The summed E-state index contributed by atoms with van der Waals surface area (Å²) in [5, 5.41) is 21.7. The lowest BCUT2D eigenvalue weighted by atomic mass is 10.1. The number of aliphatic hydroxyl groups excluding tert-OH is 2. The van der Waals surface area contributed by atoms with Crippen molar-refractivity contribution in [2.75, 3.05) is 48.0 Å². The van der Waals surface area contributed by atoms with Gasteiger partial charge in [-0.2, -0.15) is 0 Å². The van der Waals surface area contributed by atoms with Crippen LogP contribution in [0.15, 0.2) is 36.4 Å². The zero-order valence-corrected chi connectivity index (χ0v) is 14.0. The molecular formula is C18H26N4O2. The molecule has 0 atom stereocenters. The molecule has 0 amide bonds. The third-order valence-electron chi connectivity index (χ3n) is 3.95. The molecular weight excluding hydrogens is 304 g/mol. The molecule has 7 N–H and O–H groups in total. The fraction of sp³-hybridized carbons (Fsp3) is 0.333. The number of rotatable bonds is 8. The summed E-state index contributed by atoms with van der Waals surface area (Å²) in [6.45, 7) is 3.69. The predicted octanol–water partition coefficient (Wildman–Crippen LogP) is 1.56. The largest absolute Gasteiger partial charge is 0.399 e. The van der Waals surface area contributed by atoms with Crippen LogP contribution in [0.2, 0.25) is 0 Å². The van der Waals surface area contributed by atoms with E-state index < -0.39 is 0 Å². The number of hydrogen-bond donors (Lipinski definition) is 5. The highest BCUT2D eigenvalue weighted by Crippen LogP contribution is 2.24. The minimum Gasteiger partial charge on any atom is -0.399 e. The van der Waals surface area contributed by atoms with Gasteiger partial charge in [-0.25, -0.2) is 0 Å². The van der Waals surface area contributed by atoms with Gasteiger partial charge in [0.25, 0.3) is 0 Å². The Kier molecular flexibility index (Phi) is 6.28. The normalized spacial score (nSPS) is 10.6. The van der Waals surface area contributed by atoms with Crippen molar-refractivity contribution in [2.24, 2.45) is 0 Å². The van der Waals surface area contributed by atoms with E-state index in [0.29, 0.717) is 31.0 Å². The average molecular weight is 330 g/mol. The fourth-order valence-electron chi connectivity index (χ4n) is 2.62. The zero-order valence-electron chi connectivity index (χ0n) is 14.0. The van der Waals surface area contributed by atoms with Crippen molar-refractivity contribution in [3.63, 3.8) is 0 Å². The summed E-state index contributed by atoms with van der Waals surface area (Å²) in [6.07, 6.45) is 0. The standard InChI is InChI=1S/C18H26N4O2/c1-13-10-16(22(6-8-23)7-9-24)3-5-18(13)21-12-14-11-15(19)2-4-17(14)20/h2-5,10-11,21,23-24H,6-9,12,19-20H2,1H3. The lowest BCUT2D eigenvalue weighted by Crippen LogP contribution is -2.29. The first kappa shape index (κ1) is 17.9. The van der Waals surface area contributed by atoms with Gasteiger partial charge < -0.3 is 31.9 Å². The lowest BCUT2D eigenvalue weighted by molar-refractivity contribution is 0.281. The maximum Gasteiger partial charge on any atom is 0.0606 e. The Hall–Kier alpha value is -2.44. The van der Waals surface area contributed by atoms with Crippen LogP contribution in [-0.2, 0) is 6.54 Å². The van der Waals surface area contributed by atoms with Crippen LogP contribution >= 0.6 is 0 Å². The molecule has 0 aliphatic rings. The van der Waals surface area contributed by atoms with Gasteiger partial charge in [0.15, 0.2) is 0 Å². The highest BCUT2D eigenvalue weighted by Gasteiger charge is 2.08. The van der Waals surface area contributed by atoms with Crippen LogP contribution in [0.25, 0.3) is 0 Å². The van der Waals surface area contributed by atoms with E-state index in [1.54, 1.807) is 6.07 Å². The summed E-state index contributed by atoms with van der Waals surface area (Å²) in [4.78, 5) is 1.95. The van der Waals surface area contributed by atoms with E-state index in [-0.39, 0.29) is 13.2 Å². The Morgan fingerprint density at radius 3 is 2.33 bits per heavy atom. The van der Waals surface area contributed by atoms with E-state index in [4.69, 9.17) is 21.7 Å². The summed E-state index contributed by atoms with van der Waals surface area (Å²) in [6, 6.07) is 11.5. The summed E-state index contributed by atoms with van der Waals surface area (Å²) in [7, 11) is 0. The minimum atomic E-state index is 0.0494. The molecule has 0 saturated carbocycles. The summed E-state index contributed by atoms with van der Waals surface area (Å²) in [5.41, 5.74) is 17.2. The lowest BCUT2D eigenvalue weighted by Gasteiger charge is -2.24. The molecule has 24 heavy (non-hydrogen) atoms. The molecule has 2 aromatic rings. The molecule has 0 radical (unpaired) electrons. The van der Waals surface area contributed by atoms with Crippen molar-refractivity contribution in [2.45, 2.75) is 13.5 Å². The van der Waals surface area contributed by atoms with Gasteiger partial charge in [-0.1, -0.05) is 0 Å². The zero-order chi connectivity index (χ0) is 17.5. The summed E-state index contributed by atoms with van der Waals surface area (Å²) in [5.74, 6) is 0. The summed E-state index contributed by atoms with van der Waals surface area (Å²) >= 11 is 0. The molecule has 130 valence electrons. The van der Waals surface area contributed by atoms with E-state index in [9.17, 15) is 0 Å². The Labute approximate surface area is 142 Å². The predicted molar refractivity (Wildman–Crippen MR) is 100 cm³/mol. The van der Waals surface area contributed by atoms with Crippen LogP contribution in [0.5, 0.6) is 0 Å². The number of aliphatic hydroxyl groups is 2. The quantitative estimate of drug-likeness (QED) is 0.470. The topological polar surface area (TPSA) is 108 Å². The summed E-state index contributed by atoms with van der Waals surface area (Å²) < 4.78 is 0. The van der Waals surface area contributed by atoms with Gasteiger partial charge in [-0.15, -0.1) is 0 Å². The molecule has 2 rings (SSSR count). The number of hydrogen-bond acceptors (Lipinski definition) is 6. The first-order valence-electron chi connectivity index (χ1n) is 8.00. The second-order valence-corrected chi connectivity index (χ2v) is 5.75. The highest BCUT2D eigenvalue weighted by atomic mass is 16.3. The third kappa shape index (κ3) is 4.53. The van der Waals surface area contributed by atoms with Crippen LogP contribution in [0.1, 0.15) is 11.1 Å². The van der Waals surface area contributed by atoms with Gasteiger partial charge in [0.05, 0.1) is 13.2 Å². The van der Waals surface area contributed by atoms with Crippen molar-refractivity contribution < 1.29 is 10.2 Å². The third-order valence-corrected chi connectivity index (χ3v) is 3.95. The molecule has 0 aliphatic heterocycles. The van der Waals surface area contributed by atoms with Gasteiger partial charge in [-0.3, -0.25) is 0 Å². The van der Waals surface area contributed by atoms with E-state index in [1.807, 2.05) is 42.2 Å². The van der Waals surface area contributed by atoms with Crippen LogP contribution < -0.4 is 21.7 Å².